The van der Waals surface area contributed by atoms with Gasteiger partial charge in [-0.15, -0.1) is 11.6 Å². The van der Waals surface area contributed by atoms with Crippen LogP contribution >= 0.6 is 11.6 Å². The lowest BCUT2D eigenvalue weighted by Crippen LogP contribution is -2.29. The van der Waals surface area contributed by atoms with Crippen molar-refractivity contribution in [2.45, 2.75) is 25.9 Å². The minimum absolute atomic E-state index is 0.0169. The number of rotatable bonds is 5. The highest BCUT2D eigenvalue weighted by molar-refractivity contribution is 6.18. The van der Waals surface area contributed by atoms with Crippen LogP contribution in [0.25, 0.3) is 0 Å². The van der Waals surface area contributed by atoms with Crippen molar-refractivity contribution in [2.24, 2.45) is 5.92 Å². The van der Waals surface area contributed by atoms with Crippen molar-refractivity contribution in [3.05, 3.63) is 0 Å². The van der Waals surface area contributed by atoms with Crippen molar-refractivity contribution in [1.29, 1.82) is 0 Å². The summed E-state index contributed by atoms with van der Waals surface area (Å²) < 4.78 is 0. The Morgan fingerprint density at radius 1 is 1.64 bits per heavy atom. The molecule has 2 N–H and O–H groups in total. The number of aliphatic carboxylic acids is 1. The Morgan fingerprint density at radius 3 is 2.45 bits per heavy atom. The van der Waals surface area contributed by atoms with E-state index in [1.807, 2.05) is 6.92 Å². The maximum Gasteiger partial charge on any atom is 0.309 e. The predicted molar refractivity (Wildman–Crippen MR) is 42.8 cm³/mol. The number of carboxylic acid groups (broad SMARTS) is 1. The number of carbonyl (C=O) groups is 1. The van der Waals surface area contributed by atoms with Crippen LogP contribution in [0.15, 0.2) is 0 Å². The molecular formula is C7H13ClO3. The number of aliphatic hydroxyl groups excluding tert-OH is 1. The first-order valence-corrected chi connectivity index (χ1v) is 4.13. The molecule has 2 atom stereocenters. The zero-order valence-corrected chi connectivity index (χ0v) is 7.21. The van der Waals surface area contributed by atoms with Gasteiger partial charge in [-0.2, -0.15) is 0 Å². The van der Waals surface area contributed by atoms with Crippen molar-refractivity contribution in [1.82, 2.24) is 0 Å². The molecule has 66 valence electrons. The van der Waals surface area contributed by atoms with Gasteiger partial charge in [0.2, 0.25) is 0 Å². The fourth-order valence-electron chi connectivity index (χ4n) is 0.899. The van der Waals surface area contributed by atoms with Crippen LogP contribution in [0.2, 0.25) is 0 Å². The van der Waals surface area contributed by atoms with Gasteiger partial charge in [0.05, 0.1) is 12.0 Å². The van der Waals surface area contributed by atoms with Gasteiger partial charge in [0.15, 0.2) is 0 Å². The highest BCUT2D eigenvalue weighted by atomic mass is 35.5. The quantitative estimate of drug-likeness (QED) is 0.623. The lowest BCUT2D eigenvalue weighted by atomic mass is 9.99. The van der Waals surface area contributed by atoms with E-state index in [9.17, 15) is 4.79 Å². The Balaban J connectivity index is 3.97. The second kappa shape index (κ2) is 5.38. The third-order valence-corrected chi connectivity index (χ3v) is 1.86. The van der Waals surface area contributed by atoms with Crippen LogP contribution in [0.1, 0.15) is 19.8 Å². The maximum atomic E-state index is 10.5. The average molecular weight is 181 g/mol. The summed E-state index contributed by atoms with van der Waals surface area (Å²) in [5, 5.41) is 17.7. The molecule has 0 heterocycles. The van der Waals surface area contributed by atoms with Gasteiger partial charge in [0.25, 0.3) is 0 Å². The lowest BCUT2D eigenvalue weighted by molar-refractivity contribution is -0.145. The molecule has 0 rings (SSSR count). The van der Waals surface area contributed by atoms with Crippen molar-refractivity contribution >= 4 is 17.6 Å². The third kappa shape index (κ3) is 3.58. The normalized spacial score (nSPS) is 15.9. The minimum atomic E-state index is -0.972. The van der Waals surface area contributed by atoms with Crippen molar-refractivity contribution in [3.8, 4) is 0 Å². The van der Waals surface area contributed by atoms with Crippen LogP contribution in [0, 0.1) is 5.92 Å². The van der Waals surface area contributed by atoms with Crippen LogP contribution in [-0.2, 0) is 4.79 Å². The molecule has 0 aliphatic heterocycles. The van der Waals surface area contributed by atoms with Gasteiger partial charge < -0.3 is 10.2 Å². The molecule has 1 unspecified atom stereocenters. The topological polar surface area (TPSA) is 57.5 Å². The van der Waals surface area contributed by atoms with E-state index in [1.54, 1.807) is 0 Å². The Kier molecular flexibility index (Phi) is 5.24. The van der Waals surface area contributed by atoms with E-state index in [0.29, 0.717) is 6.42 Å². The van der Waals surface area contributed by atoms with Gasteiger partial charge in [0.1, 0.15) is 0 Å². The van der Waals surface area contributed by atoms with E-state index in [4.69, 9.17) is 21.8 Å². The molecule has 0 saturated carbocycles. The molecule has 0 aromatic rings. The molecule has 0 spiro atoms. The average Bonchev–Trinajstić information content (AvgIpc) is 1.98. The summed E-state index contributed by atoms with van der Waals surface area (Å²) in [6.45, 7) is 1.87. The Labute approximate surface area is 71.0 Å². The summed E-state index contributed by atoms with van der Waals surface area (Å²) in [5.74, 6) is -1.70. The van der Waals surface area contributed by atoms with Gasteiger partial charge in [-0.1, -0.05) is 13.3 Å². The Hall–Kier alpha value is -0.280. The molecule has 0 radical (unpaired) electrons. The number of hydrogen-bond acceptors (Lipinski definition) is 2. The summed E-state index contributed by atoms with van der Waals surface area (Å²) >= 11 is 5.31. The van der Waals surface area contributed by atoms with Crippen molar-refractivity contribution < 1.29 is 15.0 Å². The van der Waals surface area contributed by atoms with Crippen LogP contribution < -0.4 is 0 Å². The predicted octanol–water partition coefficient (Wildman–Crippen LogP) is 1.09. The standard InChI is InChI=1S/C7H13ClO3/c1-2-3-5(7(10)11)6(9)4-8/h5-6,9H,2-4H2,1H3,(H,10,11)/t5?,6-/m0/s1. The summed E-state index contributed by atoms with van der Waals surface area (Å²) in [6.07, 6.45) is 0.294. The van der Waals surface area contributed by atoms with E-state index in [1.165, 1.54) is 0 Å². The van der Waals surface area contributed by atoms with Gasteiger partial charge in [0, 0.05) is 5.88 Å². The van der Waals surface area contributed by atoms with Crippen molar-refractivity contribution in [2.75, 3.05) is 5.88 Å². The molecule has 0 fully saturated rings. The van der Waals surface area contributed by atoms with Crippen LogP contribution in [-0.4, -0.2) is 28.2 Å². The highest BCUT2D eigenvalue weighted by Crippen LogP contribution is 2.12. The smallest absolute Gasteiger partial charge is 0.309 e. The maximum absolute atomic E-state index is 10.5. The number of alkyl halides is 1. The van der Waals surface area contributed by atoms with Crippen LogP contribution in [0.4, 0.5) is 0 Å². The molecule has 4 heteroatoms. The van der Waals surface area contributed by atoms with Gasteiger partial charge in [-0.3, -0.25) is 4.79 Å². The first-order valence-electron chi connectivity index (χ1n) is 3.60. The largest absolute Gasteiger partial charge is 0.481 e. The summed E-state index contributed by atoms with van der Waals surface area (Å²) in [4.78, 5) is 10.5. The zero-order chi connectivity index (χ0) is 8.85. The molecule has 0 aliphatic carbocycles. The van der Waals surface area contributed by atoms with E-state index in [-0.39, 0.29) is 5.88 Å². The fourth-order valence-corrected chi connectivity index (χ4v) is 1.11. The van der Waals surface area contributed by atoms with E-state index < -0.39 is 18.0 Å². The molecule has 0 aromatic heterocycles. The fraction of sp³-hybridized carbons (Fsp3) is 0.857. The summed E-state index contributed by atoms with van der Waals surface area (Å²) in [5.41, 5.74) is 0. The number of carboxylic acids is 1. The third-order valence-electron chi connectivity index (χ3n) is 1.54. The Morgan fingerprint density at radius 2 is 2.18 bits per heavy atom. The SMILES string of the molecule is CCCC(C(=O)O)[C@@H](O)CCl. The van der Waals surface area contributed by atoms with Crippen LogP contribution in [0.3, 0.4) is 0 Å². The summed E-state index contributed by atoms with van der Waals surface area (Å²) in [7, 11) is 0. The monoisotopic (exact) mass is 180 g/mol. The zero-order valence-electron chi connectivity index (χ0n) is 6.46. The molecule has 0 saturated heterocycles. The Bertz CT molecular complexity index is 127. The van der Waals surface area contributed by atoms with Gasteiger partial charge in [-0.05, 0) is 6.42 Å². The molecular weight excluding hydrogens is 168 g/mol. The van der Waals surface area contributed by atoms with Gasteiger partial charge in [-0.25, -0.2) is 0 Å². The van der Waals surface area contributed by atoms with Crippen molar-refractivity contribution in [3.63, 3.8) is 0 Å². The molecule has 0 bridgehead atoms. The molecule has 3 nitrogen and oxygen atoms in total. The minimum Gasteiger partial charge on any atom is -0.481 e. The lowest BCUT2D eigenvalue weighted by Gasteiger charge is -2.15. The second-order valence-electron chi connectivity index (χ2n) is 2.46. The molecule has 0 aromatic carbocycles. The van der Waals surface area contributed by atoms with E-state index >= 15 is 0 Å². The second-order valence-corrected chi connectivity index (χ2v) is 2.76. The number of aliphatic hydroxyl groups is 1. The van der Waals surface area contributed by atoms with Gasteiger partial charge >= 0.3 is 5.97 Å². The first-order chi connectivity index (χ1) is 5.13. The van der Waals surface area contributed by atoms with Crippen LogP contribution in [0.5, 0.6) is 0 Å². The highest BCUT2D eigenvalue weighted by Gasteiger charge is 2.24. The van der Waals surface area contributed by atoms with E-state index in [0.717, 1.165) is 6.42 Å². The van der Waals surface area contributed by atoms with E-state index in [2.05, 4.69) is 0 Å². The number of hydrogen-bond donors (Lipinski definition) is 2. The summed E-state index contributed by atoms with van der Waals surface area (Å²) in [6, 6.07) is 0. The first kappa shape index (κ1) is 10.7. The molecule has 11 heavy (non-hydrogen) atoms. The number of halogens is 1. The molecule has 0 amide bonds. The molecule has 0 aliphatic rings.